The van der Waals surface area contributed by atoms with Crippen molar-refractivity contribution in [3.05, 3.63) is 81.2 Å². The Morgan fingerprint density at radius 3 is 2.55 bits per heavy atom. The maximum Gasteiger partial charge on any atom is 0.258 e. The molecule has 4 aromatic rings. The van der Waals surface area contributed by atoms with Gasteiger partial charge in [-0.15, -0.1) is 36.2 Å². The molecule has 0 saturated heterocycles. The first-order valence-electron chi connectivity index (χ1n) is 14.3. The Morgan fingerprint density at radius 1 is 1.00 bits per heavy atom. The van der Waals surface area contributed by atoms with Crippen molar-refractivity contribution in [1.82, 2.24) is 14.9 Å². The highest BCUT2D eigenvalue weighted by Gasteiger charge is 2.45. The molecule has 9 nitrogen and oxygen atoms in total. The van der Waals surface area contributed by atoms with Crippen LogP contribution >= 0.6 is 36.2 Å². The molecule has 2 aromatic heterocycles. The first kappa shape index (κ1) is 35.0. The van der Waals surface area contributed by atoms with E-state index in [-0.39, 0.29) is 42.2 Å². The molecule has 0 radical (unpaired) electrons. The van der Waals surface area contributed by atoms with Crippen LogP contribution in [0.3, 0.4) is 0 Å². The summed E-state index contributed by atoms with van der Waals surface area (Å²) in [5.41, 5.74) is 1.26. The third-order valence-electron chi connectivity index (χ3n) is 7.67. The summed E-state index contributed by atoms with van der Waals surface area (Å²) in [6.45, 7) is 8.27. The quantitative estimate of drug-likeness (QED) is 0.170. The Kier molecular flexibility index (Phi) is 12.0. The first-order chi connectivity index (χ1) is 20.2. The molecule has 1 aliphatic heterocycles. The fraction of sp³-hybridized carbons (Fsp3) is 0.375. The molecule has 3 heterocycles. The van der Waals surface area contributed by atoms with Crippen LogP contribution in [0, 0.1) is 5.41 Å². The molecule has 0 atom stereocenters. The fourth-order valence-electron chi connectivity index (χ4n) is 5.24. The van der Waals surface area contributed by atoms with E-state index in [1.54, 1.807) is 46.6 Å². The molecule has 0 fully saturated rings. The molecule has 1 aliphatic rings. The number of benzene rings is 2. The minimum absolute atomic E-state index is 0. The summed E-state index contributed by atoms with van der Waals surface area (Å²) in [5.74, 6) is 0.221. The summed E-state index contributed by atoms with van der Waals surface area (Å²) in [5, 5.41) is 8.18. The van der Waals surface area contributed by atoms with Crippen molar-refractivity contribution in [3.63, 3.8) is 0 Å². The number of ether oxygens (including phenoxy) is 1. The molecule has 0 bridgehead atoms. The highest BCUT2D eigenvalue weighted by Crippen LogP contribution is 2.40. The Labute approximate surface area is 274 Å². The summed E-state index contributed by atoms with van der Waals surface area (Å²) in [4.78, 5) is 46.8. The number of carbonyl (C=O) groups is 2. The van der Waals surface area contributed by atoms with Gasteiger partial charge >= 0.3 is 0 Å². The molecule has 2 aromatic carbocycles. The number of carbonyl (C=O) groups excluding carboxylic acids is 2. The van der Waals surface area contributed by atoms with E-state index in [0.29, 0.717) is 49.8 Å². The van der Waals surface area contributed by atoms with Crippen molar-refractivity contribution in [3.8, 4) is 5.75 Å². The number of anilines is 2. The Hall–Kier alpha value is -3.44. The van der Waals surface area contributed by atoms with Crippen LogP contribution in [0.15, 0.2) is 64.9 Å². The molecule has 1 N–H and O–H groups in total. The Morgan fingerprint density at radius 2 is 1.77 bits per heavy atom. The molecule has 12 heteroatoms. The van der Waals surface area contributed by atoms with E-state index in [9.17, 15) is 14.4 Å². The topological polar surface area (TPSA) is 96.8 Å². The SMILES string of the molecule is CCN1C(=O)C(C)(C)C(=O)N(C)c2cc(OCCCNCc3nc(CCn4ccc5ccccc5c4=O)cs3)ccc21.Cl.Cl. The van der Waals surface area contributed by atoms with E-state index >= 15 is 0 Å². The van der Waals surface area contributed by atoms with Crippen molar-refractivity contribution < 1.29 is 14.3 Å². The average molecular weight is 661 g/mol. The number of hydrogen-bond donors (Lipinski definition) is 1. The second-order valence-corrected chi connectivity index (χ2v) is 11.9. The summed E-state index contributed by atoms with van der Waals surface area (Å²) >= 11 is 1.62. The lowest BCUT2D eigenvalue weighted by Gasteiger charge is -2.27. The van der Waals surface area contributed by atoms with Crippen LogP contribution in [0.2, 0.25) is 0 Å². The third-order valence-corrected chi connectivity index (χ3v) is 8.57. The van der Waals surface area contributed by atoms with Crippen LogP contribution in [0.4, 0.5) is 11.4 Å². The largest absolute Gasteiger partial charge is 0.493 e. The molecule has 0 unspecified atom stereocenters. The van der Waals surface area contributed by atoms with Gasteiger partial charge in [0.2, 0.25) is 11.8 Å². The van der Waals surface area contributed by atoms with Gasteiger partial charge in [-0.1, -0.05) is 18.2 Å². The molecule has 0 aliphatic carbocycles. The van der Waals surface area contributed by atoms with Crippen LogP contribution in [0.5, 0.6) is 5.75 Å². The second kappa shape index (κ2) is 15.0. The van der Waals surface area contributed by atoms with E-state index in [2.05, 4.69) is 10.7 Å². The number of aromatic nitrogens is 2. The van der Waals surface area contributed by atoms with E-state index in [4.69, 9.17) is 9.72 Å². The van der Waals surface area contributed by atoms with E-state index in [1.165, 1.54) is 0 Å². The van der Waals surface area contributed by atoms with Crippen LogP contribution < -0.4 is 25.4 Å². The average Bonchev–Trinajstić information content (AvgIpc) is 3.44. The number of rotatable bonds is 11. The molecule has 0 saturated carbocycles. The monoisotopic (exact) mass is 659 g/mol. The number of halogens is 2. The Bertz CT molecular complexity index is 1670. The zero-order valence-electron chi connectivity index (χ0n) is 25.4. The number of amides is 2. The van der Waals surface area contributed by atoms with Gasteiger partial charge < -0.3 is 24.4 Å². The lowest BCUT2D eigenvalue weighted by Crippen LogP contribution is -2.47. The van der Waals surface area contributed by atoms with Gasteiger partial charge in [0.15, 0.2) is 0 Å². The second-order valence-electron chi connectivity index (χ2n) is 11.0. The normalized spacial score (nSPS) is 14.1. The fourth-order valence-corrected chi connectivity index (χ4v) is 6.04. The van der Waals surface area contributed by atoms with Gasteiger partial charge in [0, 0.05) is 56.1 Å². The van der Waals surface area contributed by atoms with Crippen LogP contribution in [-0.4, -0.2) is 48.1 Å². The van der Waals surface area contributed by atoms with Crippen molar-refractivity contribution in [2.24, 2.45) is 5.41 Å². The molecule has 2 amide bonds. The van der Waals surface area contributed by atoms with Gasteiger partial charge in [-0.3, -0.25) is 14.4 Å². The number of pyridine rings is 1. The molecular weight excluding hydrogens is 621 g/mol. The van der Waals surface area contributed by atoms with Gasteiger partial charge in [0.25, 0.3) is 5.56 Å². The smallest absolute Gasteiger partial charge is 0.258 e. The molecule has 5 rings (SSSR count). The molecular formula is C32H39Cl2N5O4S. The van der Waals surface area contributed by atoms with Gasteiger partial charge in [0.1, 0.15) is 16.2 Å². The van der Waals surface area contributed by atoms with Gasteiger partial charge in [-0.25, -0.2) is 4.98 Å². The van der Waals surface area contributed by atoms with Crippen molar-refractivity contribution in [2.45, 2.75) is 46.7 Å². The predicted octanol–water partition coefficient (Wildman–Crippen LogP) is 5.46. The molecule has 0 spiro atoms. The zero-order valence-corrected chi connectivity index (χ0v) is 27.8. The van der Waals surface area contributed by atoms with Gasteiger partial charge in [0.05, 0.1) is 23.7 Å². The summed E-state index contributed by atoms with van der Waals surface area (Å²) in [6.07, 6.45) is 3.35. The number of thiazole rings is 1. The number of nitrogens with zero attached hydrogens (tertiary/aromatic N) is 4. The number of fused-ring (bicyclic) bond motifs is 2. The highest BCUT2D eigenvalue weighted by molar-refractivity contribution is 7.09. The number of hydrogen-bond acceptors (Lipinski definition) is 7. The Balaban J connectivity index is 0.00000264. The lowest BCUT2D eigenvalue weighted by molar-refractivity contribution is -0.137. The predicted molar refractivity (Wildman–Crippen MR) is 182 cm³/mol. The minimum atomic E-state index is -1.13. The lowest BCUT2D eigenvalue weighted by atomic mass is 9.90. The van der Waals surface area contributed by atoms with Crippen molar-refractivity contribution in [2.75, 3.05) is 36.5 Å². The number of aryl methyl sites for hydroxylation is 2. The van der Waals surface area contributed by atoms with Crippen LogP contribution in [-0.2, 0) is 29.1 Å². The van der Waals surface area contributed by atoms with E-state index < -0.39 is 5.41 Å². The third kappa shape index (κ3) is 7.26. The maximum atomic E-state index is 13.0. The molecule has 44 heavy (non-hydrogen) atoms. The van der Waals surface area contributed by atoms with E-state index in [1.807, 2.05) is 61.7 Å². The molecule has 236 valence electrons. The minimum Gasteiger partial charge on any atom is -0.493 e. The standard InChI is InChI=1S/C32H37N5O4S.2ClH/c1-5-37-26-12-11-24(19-27(26)35(4)30(39)32(2,3)31(37)40)41-18-8-15-33-20-28-34-23(21-42-28)14-17-36-16-13-22-9-6-7-10-25(22)29(36)38;;/h6-7,9-13,16,19,21,33H,5,8,14-15,17-18,20H2,1-4H3;2*1H. The summed E-state index contributed by atoms with van der Waals surface area (Å²) in [6, 6.07) is 15.2. The van der Waals surface area contributed by atoms with E-state index in [0.717, 1.165) is 34.4 Å². The van der Waals surface area contributed by atoms with Gasteiger partial charge in [-0.2, -0.15) is 0 Å². The van der Waals surface area contributed by atoms with Gasteiger partial charge in [-0.05, 0) is 63.4 Å². The maximum absolute atomic E-state index is 13.0. The zero-order chi connectivity index (χ0) is 29.9. The number of nitrogens with one attached hydrogen (secondary N) is 1. The first-order valence-corrected chi connectivity index (χ1v) is 15.2. The van der Waals surface area contributed by atoms with Crippen LogP contribution in [0.1, 0.15) is 37.9 Å². The summed E-state index contributed by atoms with van der Waals surface area (Å²) < 4.78 is 7.74. The van der Waals surface area contributed by atoms with Crippen molar-refractivity contribution >= 4 is 70.1 Å². The highest BCUT2D eigenvalue weighted by atomic mass is 35.5. The summed E-state index contributed by atoms with van der Waals surface area (Å²) in [7, 11) is 1.70. The van der Waals surface area contributed by atoms with Crippen LogP contribution in [0.25, 0.3) is 10.8 Å². The van der Waals surface area contributed by atoms with Crippen molar-refractivity contribution in [1.29, 1.82) is 0 Å².